The molecular formula is C20H19N5O3. The molecule has 0 bridgehead atoms. The van der Waals surface area contributed by atoms with E-state index in [0.717, 1.165) is 5.56 Å². The van der Waals surface area contributed by atoms with Crippen LogP contribution in [0.3, 0.4) is 0 Å². The van der Waals surface area contributed by atoms with Gasteiger partial charge < -0.3 is 14.3 Å². The predicted molar refractivity (Wildman–Crippen MR) is 103 cm³/mol. The van der Waals surface area contributed by atoms with Gasteiger partial charge in [0.25, 0.3) is 11.5 Å². The first-order chi connectivity index (χ1) is 13.5. The average Bonchev–Trinajstić information content (AvgIpc) is 3.18. The third-order valence-electron chi connectivity index (χ3n) is 4.61. The highest BCUT2D eigenvalue weighted by Gasteiger charge is 2.18. The summed E-state index contributed by atoms with van der Waals surface area (Å²) in [7, 11) is 0. The Labute approximate surface area is 159 Å². The lowest BCUT2D eigenvalue weighted by Crippen LogP contribution is -2.35. The van der Waals surface area contributed by atoms with E-state index in [9.17, 15) is 9.59 Å². The van der Waals surface area contributed by atoms with Gasteiger partial charge in [0.15, 0.2) is 0 Å². The molecule has 0 saturated carbocycles. The van der Waals surface area contributed by atoms with E-state index in [0.29, 0.717) is 23.6 Å². The fourth-order valence-corrected chi connectivity index (χ4v) is 3.24. The molecule has 4 heterocycles. The van der Waals surface area contributed by atoms with Gasteiger partial charge in [-0.3, -0.25) is 19.4 Å². The van der Waals surface area contributed by atoms with Crippen LogP contribution < -0.4 is 16.4 Å². The number of carbonyl (C=O) groups is 1. The number of rotatable bonds is 4. The average molecular weight is 377 g/mol. The smallest absolute Gasteiger partial charge is 0.267 e. The summed E-state index contributed by atoms with van der Waals surface area (Å²) in [5.41, 5.74) is 1.49. The zero-order chi connectivity index (χ0) is 19.8. The van der Waals surface area contributed by atoms with Crippen LogP contribution in [0.15, 0.2) is 52.0 Å². The van der Waals surface area contributed by atoms with Gasteiger partial charge in [-0.1, -0.05) is 6.07 Å². The second-order valence-corrected chi connectivity index (χ2v) is 6.47. The third kappa shape index (κ3) is 2.79. The number of pyridine rings is 2. The molecule has 0 radical (unpaired) electrons. The van der Waals surface area contributed by atoms with Crippen molar-refractivity contribution in [2.24, 2.45) is 0 Å². The molecule has 1 amide bonds. The molecule has 0 aliphatic carbocycles. The molecule has 28 heavy (non-hydrogen) atoms. The summed E-state index contributed by atoms with van der Waals surface area (Å²) in [5.74, 6) is 0.191. The van der Waals surface area contributed by atoms with Crippen LogP contribution in [0, 0.1) is 12.3 Å². The van der Waals surface area contributed by atoms with Crippen molar-refractivity contribution in [3.8, 4) is 0 Å². The summed E-state index contributed by atoms with van der Waals surface area (Å²) in [5, 5.41) is 11.5. The molecule has 142 valence electrons. The van der Waals surface area contributed by atoms with Crippen molar-refractivity contribution >= 4 is 22.6 Å². The van der Waals surface area contributed by atoms with E-state index in [1.807, 2.05) is 13.0 Å². The molecule has 0 fully saturated rings. The summed E-state index contributed by atoms with van der Waals surface area (Å²) in [6.07, 6.45) is 3.19. The molecule has 4 rings (SSSR count). The van der Waals surface area contributed by atoms with E-state index in [-0.39, 0.29) is 28.5 Å². The number of nitrogens with zero attached hydrogens (tertiary/aromatic N) is 3. The summed E-state index contributed by atoms with van der Waals surface area (Å²) in [6.45, 7) is 4.27. The second kappa shape index (κ2) is 6.80. The second-order valence-electron chi connectivity index (χ2n) is 6.47. The number of carbonyl (C=O) groups excluding carboxylic acids is 1. The zero-order valence-corrected chi connectivity index (χ0v) is 15.5. The summed E-state index contributed by atoms with van der Waals surface area (Å²) >= 11 is 0. The summed E-state index contributed by atoms with van der Waals surface area (Å²) in [6, 6.07) is 8.62. The highest BCUT2D eigenvalue weighted by Crippen LogP contribution is 2.14. The maximum Gasteiger partial charge on any atom is 0.267 e. The van der Waals surface area contributed by atoms with Crippen molar-refractivity contribution in [3.05, 3.63) is 75.5 Å². The number of aryl methyl sites for hydroxylation is 1. The number of amides is 1. The lowest BCUT2D eigenvalue weighted by Gasteiger charge is -2.14. The Morgan fingerprint density at radius 3 is 2.82 bits per heavy atom. The Balaban J connectivity index is 2.12. The standard InChI is InChI=1S/C20H19N5O3/c1-3-22-19(26)14-10-15-18(25(16(14)21)11-13-7-5-9-28-13)23-17-12(2)6-4-8-24(17)20(15)27/h4-10,21H,3,11H2,1-2H3,(H,22,26). The first-order valence-electron chi connectivity index (χ1n) is 8.92. The van der Waals surface area contributed by atoms with Gasteiger partial charge in [0.1, 0.15) is 22.5 Å². The number of furan rings is 1. The highest BCUT2D eigenvalue weighted by molar-refractivity contribution is 5.96. The van der Waals surface area contributed by atoms with E-state index in [2.05, 4.69) is 10.3 Å². The van der Waals surface area contributed by atoms with Crippen molar-refractivity contribution in [3.63, 3.8) is 0 Å². The molecule has 0 atom stereocenters. The topological polar surface area (TPSA) is 105 Å². The third-order valence-corrected chi connectivity index (χ3v) is 4.61. The quantitative estimate of drug-likeness (QED) is 0.529. The molecule has 8 nitrogen and oxygen atoms in total. The van der Waals surface area contributed by atoms with Crippen LogP contribution in [0.5, 0.6) is 0 Å². The zero-order valence-electron chi connectivity index (χ0n) is 15.5. The molecule has 8 heteroatoms. The van der Waals surface area contributed by atoms with Crippen LogP contribution >= 0.6 is 0 Å². The molecule has 2 N–H and O–H groups in total. The van der Waals surface area contributed by atoms with Crippen LogP contribution in [0.25, 0.3) is 16.7 Å². The lowest BCUT2D eigenvalue weighted by atomic mass is 10.2. The van der Waals surface area contributed by atoms with E-state index in [4.69, 9.17) is 9.83 Å². The number of hydrogen-bond donors (Lipinski definition) is 2. The van der Waals surface area contributed by atoms with Crippen molar-refractivity contribution in [1.29, 1.82) is 5.41 Å². The first kappa shape index (κ1) is 17.7. The highest BCUT2D eigenvalue weighted by atomic mass is 16.3. The molecule has 0 unspecified atom stereocenters. The maximum absolute atomic E-state index is 13.1. The lowest BCUT2D eigenvalue weighted by molar-refractivity contribution is 0.0953. The van der Waals surface area contributed by atoms with Crippen molar-refractivity contribution in [2.75, 3.05) is 6.54 Å². The number of aromatic nitrogens is 3. The van der Waals surface area contributed by atoms with Gasteiger partial charge in [-0.05, 0) is 43.7 Å². The molecule has 4 aromatic heterocycles. The van der Waals surface area contributed by atoms with Crippen LogP contribution in [0.1, 0.15) is 28.6 Å². The fraction of sp³-hybridized carbons (Fsp3) is 0.200. The van der Waals surface area contributed by atoms with Crippen molar-refractivity contribution in [1.82, 2.24) is 19.3 Å². The minimum atomic E-state index is -0.406. The minimum Gasteiger partial charge on any atom is -0.467 e. The molecule has 0 aliphatic heterocycles. The number of hydrogen-bond acceptors (Lipinski definition) is 5. The van der Waals surface area contributed by atoms with E-state index >= 15 is 0 Å². The van der Waals surface area contributed by atoms with Gasteiger partial charge in [0.2, 0.25) is 0 Å². The van der Waals surface area contributed by atoms with Crippen LogP contribution in [0.4, 0.5) is 0 Å². The molecule has 0 aliphatic rings. The SMILES string of the molecule is CCNC(=O)c1cc2c(=O)n3cccc(C)c3nc2n(Cc2ccco2)c1=N. The predicted octanol–water partition coefficient (Wildman–Crippen LogP) is 1.83. The van der Waals surface area contributed by atoms with Crippen LogP contribution in [0.2, 0.25) is 0 Å². The Kier molecular flexibility index (Phi) is 4.31. The van der Waals surface area contributed by atoms with Gasteiger partial charge in [-0.2, -0.15) is 0 Å². The van der Waals surface area contributed by atoms with Gasteiger partial charge in [0, 0.05) is 12.7 Å². The van der Waals surface area contributed by atoms with Gasteiger partial charge in [-0.25, -0.2) is 4.98 Å². The summed E-state index contributed by atoms with van der Waals surface area (Å²) in [4.78, 5) is 30.3. The normalized spacial score (nSPS) is 11.2. The van der Waals surface area contributed by atoms with Gasteiger partial charge in [-0.15, -0.1) is 0 Å². The molecule has 0 aromatic carbocycles. The van der Waals surface area contributed by atoms with Crippen molar-refractivity contribution in [2.45, 2.75) is 20.4 Å². The molecule has 0 saturated heterocycles. The number of nitrogens with one attached hydrogen (secondary N) is 2. The van der Waals surface area contributed by atoms with Gasteiger partial charge >= 0.3 is 0 Å². The van der Waals surface area contributed by atoms with E-state index in [1.54, 1.807) is 31.3 Å². The molecule has 4 aromatic rings. The maximum atomic E-state index is 13.1. The summed E-state index contributed by atoms with van der Waals surface area (Å²) < 4.78 is 8.41. The van der Waals surface area contributed by atoms with Crippen LogP contribution in [-0.2, 0) is 6.54 Å². The Bertz CT molecular complexity index is 1320. The number of fused-ring (bicyclic) bond motifs is 2. The van der Waals surface area contributed by atoms with E-state index < -0.39 is 5.91 Å². The Morgan fingerprint density at radius 1 is 1.29 bits per heavy atom. The van der Waals surface area contributed by atoms with E-state index in [1.165, 1.54) is 21.3 Å². The van der Waals surface area contributed by atoms with Gasteiger partial charge in [0.05, 0.1) is 23.8 Å². The molecule has 0 spiro atoms. The first-order valence-corrected chi connectivity index (χ1v) is 8.92. The monoisotopic (exact) mass is 377 g/mol. The fourth-order valence-electron chi connectivity index (χ4n) is 3.24. The molecular weight excluding hydrogens is 358 g/mol. The van der Waals surface area contributed by atoms with Crippen LogP contribution in [-0.4, -0.2) is 26.4 Å². The Morgan fingerprint density at radius 2 is 2.11 bits per heavy atom. The minimum absolute atomic E-state index is 0.0281. The Hall–Kier alpha value is -3.68. The largest absolute Gasteiger partial charge is 0.467 e. The van der Waals surface area contributed by atoms with Crippen molar-refractivity contribution < 1.29 is 9.21 Å².